The van der Waals surface area contributed by atoms with Crippen molar-refractivity contribution in [2.75, 3.05) is 43.5 Å². The average Bonchev–Trinajstić information content (AvgIpc) is 3.27. The minimum absolute atomic E-state index is 0.136. The number of amides is 2. The van der Waals surface area contributed by atoms with Gasteiger partial charge < -0.3 is 14.5 Å². The van der Waals surface area contributed by atoms with Crippen LogP contribution in [-0.2, 0) is 0 Å². The monoisotopic (exact) mass is 456 g/mol. The van der Waals surface area contributed by atoms with Gasteiger partial charge in [0.25, 0.3) is 11.8 Å². The molecule has 4 rings (SSSR count). The van der Waals surface area contributed by atoms with Gasteiger partial charge in [0.15, 0.2) is 5.13 Å². The third-order valence-corrected chi connectivity index (χ3v) is 6.05. The standard InChI is InChI=1S/C22H21ClN4O3S/c1-30-19-5-3-2-4-18(19)26-10-12-27(13-11-26)21(29)17-14-31-22(24-17)25-20(28)15-6-8-16(23)9-7-15/h2-9,14H,10-13H2,1H3,(H,24,25,28). The van der Waals surface area contributed by atoms with E-state index >= 15 is 0 Å². The molecule has 1 N–H and O–H groups in total. The number of ether oxygens (including phenoxy) is 1. The molecule has 1 aromatic heterocycles. The molecule has 1 aliphatic heterocycles. The lowest BCUT2D eigenvalue weighted by molar-refractivity contribution is 0.0741. The summed E-state index contributed by atoms with van der Waals surface area (Å²) < 4.78 is 5.44. The Kier molecular flexibility index (Phi) is 6.39. The van der Waals surface area contributed by atoms with Crippen LogP contribution in [0.2, 0.25) is 5.02 Å². The lowest BCUT2D eigenvalue weighted by atomic mass is 10.2. The topological polar surface area (TPSA) is 74.8 Å². The fourth-order valence-electron chi connectivity index (χ4n) is 3.40. The molecule has 7 nitrogen and oxygen atoms in total. The SMILES string of the molecule is COc1ccccc1N1CCN(C(=O)c2csc(NC(=O)c3ccc(Cl)cc3)n2)CC1. The van der Waals surface area contributed by atoms with Crippen LogP contribution < -0.4 is 15.0 Å². The summed E-state index contributed by atoms with van der Waals surface area (Å²) in [4.78, 5) is 33.5. The van der Waals surface area contributed by atoms with Crippen molar-refractivity contribution in [2.24, 2.45) is 0 Å². The Bertz CT molecular complexity index is 1080. The number of rotatable bonds is 5. The number of piperazine rings is 1. The number of nitrogens with zero attached hydrogens (tertiary/aromatic N) is 3. The number of nitrogens with one attached hydrogen (secondary N) is 1. The van der Waals surface area contributed by atoms with Gasteiger partial charge in [-0.25, -0.2) is 4.98 Å². The third-order valence-electron chi connectivity index (χ3n) is 5.04. The first kappa shape index (κ1) is 21.1. The van der Waals surface area contributed by atoms with E-state index in [0.717, 1.165) is 11.4 Å². The predicted molar refractivity (Wildman–Crippen MR) is 123 cm³/mol. The molecule has 0 aliphatic carbocycles. The number of halogens is 1. The summed E-state index contributed by atoms with van der Waals surface area (Å²) >= 11 is 7.08. The van der Waals surface area contributed by atoms with Gasteiger partial charge in [0.05, 0.1) is 12.8 Å². The Morgan fingerprint density at radius 2 is 1.77 bits per heavy atom. The van der Waals surface area contributed by atoms with Gasteiger partial charge in [0, 0.05) is 42.1 Å². The molecule has 0 saturated carbocycles. The summed E-state index contributed by atoms with van der Waals surface area (Å²) in [5.41, 5.74) is 1.83. The van der Waals surface area contributed by atoms with Gasteiger partial charge >= 0.3 is 0 Å². The molecular weight excluding hydrogens is 436 g/mol. The maximum Gasteiger partial charge on any atom is 0.273 e. The largest absolute Gasteiger partial charge is 0.495 e. The molecule has 0 spiro atoms. The molecule has 0 atom stereocenters. The number of para-hydroxylation sites is 2. The number of hydrogen-bond donors (Lipinski definition) is 1. The van der Waals surface area contributed by atoms with E-state index in [2.05, 4.69) is 15.2 Å². The van der Waals surface area contributed by atoms with Gasteiger partial charge in [0.2, 0.25) is 0 Å². The molecule has 2 amide bonds. The molecule has 2 aromatic carbocycles. The van der Waals surface area contributed by atoms with E-state index < -0.39 is 0 Å². The average molecular weight is 457 g/mol. The van der Waals surface area contributed by atoms with Gasteiger partial charge in [-0.2, -0.15) is 0 Å². The van der Waals surface area contributed by atoms with Gasteiger partial charge in [-0.1, -0.05) is 23.7 Å². The first-order valence-corrected chi connectivity index (χ1v) is 11.0. The Morgan fingerprint density at radius 3 is 2.48 bits per heavy atom. The number of anilines is 2. The van der Waals surface area contributed by atoms with Crippen molar-refractivity contribution in [3.8, 4) is 5.75 Å². The fraction of sp³-hybridized carbons (Fsp3) is 0.227. The van der Waals surface area contributed by atoms with E-state index in [-0.39, 0.29) is 11.8 Å². The van der Waals surface area contributed by atoms with E-state index in [1.54, 1.807) is 41.7 Å². The lowest BCUT2D eigenvalue weighted by Crippen LogP contribution is -2.49. The molecular formula is C22H21ClN4O3S. The normalized spacial score (nSPS) is 13.7. The Morgan fingerprint density at radius 1 is 1.06 bits per heavy atom. The van der Waals surface area contributed by atoms with Gasteiger partial charge in [-0.05, 0) is 36.4 Å². The number of hydrogen-bond acceptors (Lipinski definition) is 6. The van der Waals surface area contributed by atoms with Crippen molar-refractivity contribution < 1.29 is 14.3 Å². The highest BCUT2D eigenvalue weighted by Crippen LogP contribution is 2.28. The molecule has 1 aliphatic rings. The van der Waals surface area contributed by atoms with E-state index in [9.17, 15) is 9.59 Å². The van der Waals surface area contributed by atoms with Crippen LogP contribution in [0.25, 0.3) is 0 Å². The molecule has 3 aromatic rings. The molecule has 160 valence electrons. The van der Waals surface area contributed by atoms with Crippen molar-refractivity contribution in [2.45, 2.75) is 0 Å². The van der Waals surface area contributed by atoms with Gasteiger partial charge in [-0.3, -0.25) is 14.9 Å². The number of benzene rings is 2. The number of carbonyl (C=O) groups excluding carboxylic acids is 2. The smallest absolute Gasteiger partial charge is 0.273 e. The lowest BCUT2D eigenvalue weighted by Gasteiger charge is -2.36. The zero-order valence-corrected chi connectivity index (χ0v) is 18.4. The number of methoxy groups -OCH3 is 1. The van der Waals surface area contributed by atoms with Crippen molar-refractivity contribution in [3.05, 3.63) is 70.2 Å². The van der Waals surface area contributed by atoms with Crippen LogP contribution in [-0.4, -0.2) is 55.0 Å². The number of aromatic nitrogens is 1. The highest BCUT2D eigenvalue weighted by molar-refractivity contribution is 7.14. The second-order valence-electron chi connectivity index (χ2n) is 6.95. The fourth-order valence-corrected chi connectivity index (χ4v) is 4.21. The molecule has 1 fully saturated rings. The molecule has 0 unspecified atom stereocenters. The molecule has 2 heterocycles. The minimum atomic E-state index is -0.296. The first-order valence-electron chi connectivity index (χ1n) is 9.75. The van der Waals surface area contributed by atoms with Crippen molar-refractivity contribution in [1.29, 1.82) is 0 Å². The zero-order valence-electron chi connectivity index (χ0n) is 16.9. The predicted octanol–water partition coefficient (Wildman–Crippen LogP) is 4.02. The maximum atomic E-state index is 12.9. The highest BCUT2D eigenvalue weighted by Gasteiger charge is 2.25. The van der Waals surface area contributed by atoms with E-state index in [1.807, 2.05) is 24.3 Å². The number of carbonyl (C=O) groups is 2. The Hall–Kier alpha value is -3.10. The summed E-state index contributed by atoms with van der Waals surface area (Å²) in [6, 6.07) is 14.4. The quantitative estimate of drug-likeness (QED) is 0.627. The molecule has 1 saturated heterocycles. The van der Waals surface area contributed by atoms with Crippen molar-refractivity contribution in [1.82, 2.24) is 9.88 Å². The van der Waals surface area contributed by atoms with Crippen LogP contribution in [0.1, 0.15) is 20.8 Å². The Labute approximate surface area is 189 Å². The molecule has 9 heteroatoms. The maximum absolute atomic E-state index is 12.9. The van der Waals surface area contributed by atoms with Crippen LogP contribution in [0.15, 0.2) is 53.9 Å². The molecule has 0 radical (unpaired) electrons. The summed E-state index contributed by atoms with van der Waals surface area (Å²) in [5, 5.41) is 5.35. The van der Waals surface area contributed by atoms with Crippen LogP contribution in [0.4, 0.5) is 10.8 Å². The van der Waals surface area contributed by atoms with E-state index in [4.69, 9.17) is 16.3 Å². The van der Waals surface area contributed by atoms with Crippen molar-refractivity contribution >= 4 is 45.6 Å². The zero-order chi connectivity index (χ0) is 21.8. The highest BCUT2D eigenvalue weighted by atomic mass is 35.5. The van der Waals surface area contributed by atoms with Gasteiger partial charge in [-0.15, -0.1) is 11.3 Å². The van der Waals surface area contributed by atoms with Gasteiger partial charge in [0.1, 0.15) is 11.4 Å². The molecule has 31 heavy (non-hydrogen) atoms. The van der Waals surface area contributed by atoms with Crippen LogP contribution >= 0.6 is 22.9 Å². The van der Waals surface area contributed by atoms with Crippen LogP contribution in [0, 0.1) is 0 Å². The second-order valence-corrected chi connectivity index (χ2v) is 8.24. The third kappa shape index (κ3) is 4.81. The first-order chi connectivity index (χ1) is 15.0. The minimum Gasteiger partial charge on any atom is -0.495 e. The van der Waals surface area contributed by atoms with E-state index in [0.29, 0.717) is 47.6 Å². The Balaban J connectivity index is 1.36. The summed E-state index contributed by atoms with van der Waals surface area (Å²) in [7, 11) is 1.66. The summed E-state index contributed by atoms with van der Waals surface area (Å²) in [5.74, 6) is 0.390. The molecule has 0 bridgehead atoms. The summed E-state index contributed by atoms with van der Waals surface area (Å²) in [6.45, 7) is 2.58. The van der Waals surface area contributed by atoms with Crippen LogP contribution in [0.5, 0.6) is 5.75 Å². The van der Waals surface area contributed by atoms with Crippen molar-refractivity contribution in [3.63, 3.8) is 0 Å². The van der Waals surface area contributed by atoms with Crippen LogP contribution in [0.3, 0.4) is 0 Å². The number of thiazole rings is 1. The second kappa shape index (κ2) is 9.36. The summed E-state index contributed by atoms with van der Waals surface area (Å²) in [6.07, 6.45) is 0. The van der Waals surface area contributed by atoms with E-state index in [1.165, 1.54) is 11.3 Å².